The maximum atomic E-state index is 13.2. The Balaban J connectivity index is 1.26. The van der Waals surface area contributed by atoms with Crippen LogP contribution in [0.4, 0.5) is 10.1 Å². The number of nitrogens with zero attached hydrogens (tertiary/aromatic N) is 1. The van der Waals surface area contributed by atoms with E-state index in [-0.39, 0.29) is 17.3 Å². The minimum absolute atomic E-state index is 0.0246. The molecule has 1 amide bonds. The van der Waals surface area contributed by atoms with E-state index in [0.29, 0.717) is 36.6 Å². The lowest BCUT2D eigenvalue weighted by Crippen LogP contribution is -2.43. The average Bonchev–Trinajstić information content (AvgIpc) is 3.39. The van der Waals surface area contributed by atoms with Crippen molar-refractivity contribution < 1.29 is 27.1 Å². The number of benzene rings is 2. The highest BCUT2D eigenvalue weighted by Gasteiger charge is 2.44. The Kier molecular flexibility index (Phi) is 5.33. The molecule has 0 bridgehead atoms. The van der Waals surface area contributed by atoms with Crippen molar-refractivity contribution in [1.29, 1.82) is 0 Å². The molecule has 2 aliphatic heterocycles. The van der Waals surface area contributed by atoms with Gasteiger partial charge in [-0.1, -0.05) is 0 Å². The molecule has 1 saturated heterocycles. The fraction of sp³-hybridized carbons (Fsp3) is 0.435. The third kappa shape index (κ3) is 3.95. The van der Waals surface area contributed by atoms with Gasteiger partial charge in [0.25, 0.3) is 5.79 Å². The van der Waals surface area contributed by atoms with Gasteiger partial charge in [0, 0.05) is 37.7 Å². The zero-order valence-corrected chi connectivity index (χ0v) is 18.4. The fourth-order valence-corrected chi connectivity index (χ4v) is 6.19. The molecule has 2 aromatic rings. The van der Waals surface area contributed by atoms with Gasteiger partial charge in [-0.05, 0) is 62.1 Å². The number of sulfonamides is 1. The summed E-state index contributed by atoms with van der Waals surface area (Å²) in [6.07, 6.45) is 5.00. The lowest BCUT2D eigenvalue weighted by Gasteiger charge is -2.31. The fourth-order valence-electron chi connectivity index (χ4n) is 4.66. The topological polar surface area (TPSA) is 84.9 Å². The number of piperidine rings is 1. The standard InChI is InChI=1S/C23H25FN2O5S/c24-17-5-8-19(9-6-17)32(28,29)26-13-3-4-16(15-26)22(27)25-18-7-10-20-21(14-18)31-23(30-20)11-1-2-12-23/h5-10,14,16H,1-4,11-13,15H2,(H,25,27)/t16-/m1/s1. The average molecular weight is 461 g/mol. The number of hydrogen-bond donors (Lipinski definition) is 1. The van der Waals surface area contributed by atoms with Crippen LogP contribution in [0.15, 0.2) is 47.4 Å². The molecule has 0 aromatic heterocycles. The van der Waals surface area contributed by atoms with Gasteiger partial charge < -0.3 is 14.8 Å². The normalized spacial score (nSPS) is 22.2. The minimum atomic E-state index is -3.79. The summed E-state index contributed by atoms with van der Waals surface area (Å²) in [6.45, 7) is 0.412. The third-order valence-corrected chi connectivity index (χ3v) is 8.25. The van der Waals surface area contributed by atoms with Crippen molar-refractivity contribution in [1.82, 2.24) is 4.31 Å². The number of anilines is 1. The van der Waals surface area contributed by atoms with Crippen molar-refractivity contribution in [2.24, 2.45) is 5.92 Å². The van der Waals surface area contributed by atoms with Crippen LogP contribution in [-0.4, -0.2) is 37.5 Å². The van der Waals surface area contributed by atoms with E-state index in [1.807, 2.05) is 0 Å². The molecule has 0 unspecified atom stereocenters. The molecule has 5 rings (SSSR count). The predicted octanol–water partition coefficient (Wildman–Crippen LogP) is 3.91. The Bertz CT molecular complexity index is 1130. The number of carbonyl (C=O) groups is 1. The van der Waals surface area contributed by atoms with Gasteiger partial charge in [-0.15, -0.1) is 0 Å². The first-order valence-corrected chi connectivity index (χ1v) is 12.4. The second-order valence-electron chi connectivity index (χ2n) is 8.63. The molecular formula is C23H25FN2O5S. The zero-order valence-electron chi connectivity index (χ0n) is 17.6. The lowest BCUT2D eigenvalue weighted by atomic mass is 9.98. The molecule has 32 heavy (non-hydrogen) atoms. The van der Waals surface area contributed by atoms with Gasteiger partial charge >= 0.3 is 0 Å². The number of fused-ring (bicyclic) bond motifs is 1. The molecular weight excluding hydrogens is 435 g/mol. The molecule has 1 aliphatic carbocycles. The number of carbonyl (C=O) groups excluding carboxylic acids is 1. The Hall–Kier alpha value is -2.65. The highest BCUT2D eigenvalue weighted by molar-refractivity contribution is 7.89. The highest BCUT2D eigenvalue weighted by Crippen LogP contribution is 2.47. The molecule has 3 aliphatic rings. The van der Waals surface area contributed by atoms with E-state index >= 15 is 0 Å². The first-order valence-electron chi connectivity index (χ1n) is 10.9. The second kappa shape index (κ2) is 8.04. The molecule has 9 heteroatoms. The van der Waals surface area contributed by atoms with Gasteiger partial charge in [0.2, 0.25) is 15.9 Å². The minimum Gasteiger partial charge on any atom is -0.448 e. The van der Waals surface area contributed by atoms with E-state index in [4.69, 9.17) is 9.47 Å². The summed E-state index contributed by atoms with van der Waals surface area (Å²) in [4.78, 5) is 12.9. The third-order valence-electron chi connectivity index (χ3n) is 6.37. The molecule has 1 spiro atoms. The SMILES string of the molecule is O=C(Nc1ccc2c(c1)OC1(CCCC1)O2)[C@@H]1CCCN(S(=O)(=O)c2ccc(F)cc2)C1. The van der Waals surface area contributed by atoms with Crippen molar-refractivity contribution in [2.75, 3.05) is 18.4 Å². The monoisotopic (exact) mass is 460 g/mol. The van der Waals surface area contributed by atoms with Crippen molar-refractivity contribution in [3.8, 4) is 11.5 Å². The molecule has 2 heterocycles. The van der Waals surface area contributed by atoms with Crippen molar-refractivity contribution in [3.05, 3.63) is 48.3 Å². The quantitative estimate of drug-likeness (QED) is 0.748. The number of ether oxygens (including phenoxy) is 2. The summed E-state index contributed by atoms with van der Waals surface area (Å²) < 4.78 is 52.4. The number of amides is 1. The summed E-state index contributed by atoms with van der Waals surface area (Å²) in [5.74, 6) is -0.483. The van der Waals surface area contributed by atoms with E-state index in [2.05, 4.69) is 5.32 Å². The van der Waals surface area contributed by atoms with Gasteiger partial charge in [-0.2, -0.15) is 4.31 Å². The molecule has 0 radical (unpaired) electrons. The first-order chi connectivity index (χ1) is 15.3. The smallest absolute Gasteiger partial charge is 0.251 e. The summed E-state index contributed by atoms with van der Waals surface area (Å²) in [6, 6.07) is 10.1. The van der Waals surface area contributed by atoms with Crippen LogP contribution in [0.25, 0.3) is 0 Å². The second-order valence-corrected chi connectivity index (χ2v) is 10.6. The van der Waals surface area contributed by atoms with Crippen LogP contribution in [0.5, 0.6) is 11.5 Å². The summed E-state index contributed by atoms with van der Waals surface area (Å²) in [5.41, 5.74) is 0.589. The molecule has 170 valence electrons. The number of rotatable bonds is 4. The van der Waals surface area contributed by atoms with Crippen LogP contribution in [0.2, 0.25) is 0 Å². The van der Waals surface area contributed by atoms with Crippen LogP contribution in [0.3, 0.4) is 0 Å². The Morgan fingerprint density at radius 2 is 1.75 bits per heavy atom. The molecule has 1 atom stereocenters. The molecule has 7 nitrogen and oxygen atoms in total. The van der Waals surface area contributed by atoms with Crippen LogP contribution >= 0.6 is 0 Å². The van der Waals surface area contributed by atoms with Gasteiger partial charge in [0.15, 0.2) is 11.5 Å². The van der Waals surface area contributed by atoms with Crippen molar-refractivity contribution in [3.63, 3.8) is 0 Å². The van der Waals surface area contributed by atoms with E-state index < -0.39 is 27.5 Å². The van der Waals surface area contributed by atoms with Crippen LogP contribution in [0, 0.1) is 11.7 Å². The number of hydrogen-bond acceptors (Lipinski definition) is 5. The molecule has 1 N–H and O–H groups in total. The summed E-state index contributed by atoms with van der Waals surface area (Å²) >= 11 is 0. The Morgan fingerprint density at radius 3 is 2.50 bits per heavy atom. The number of nitrogens with one attached hydrogen (secondary N) is 1. The van der Waals surface area contributed by atoms with E-state index in [0.717, 1.165) is 37.8 Å². The van der Waals surface area contributed by atoms with E-state index in [1.165, 1.54) is 16.4 Å². The maximum absolute atomic E-state index is 13.2. The highest BCUT2D eigenvalue weighted by atomic mass is 32.2. The van der Waals surface area contributed by atoms with Crippen molar-refractivity contribution >= 4 is 21.6 Å². The number of halogens is 1. The zero-order chi connectivity index (χ0) is 22.3. The molecule has 1 saturated carbocycles. The van der Waals surface area contributed by atoms with Crippen LogP contribution in [-0.2, 0) is 14.8 Å². The van der Waals surface area contributed by atoms with Crippen LogP contribution in [0.1, 0.15) is 38.5 Å². The maximum Gasteiger partial charge on any atom is 0.251 e. The lowest BCUT2D eigenvalue weighted by molar-refractivity contribution is -0.120. The van der Waals surface area contributed by atoms with E-state index in [1.54, 1.807) is 18.2 Å². The predicted molar refractivity (Wildman–Crippen MR) is 115 cm³/mol. The molecule has 2 aromatic carbocycles. The van der Waals surface area contributed by atoms with Crippen LogP contribution < -0.4 is 14.8 Å². The van der Waals surface area contributed by atoms with Gasteiger partial charge in [0.1, 0.15) is 5.82 Å². The van der Waals surface area contributed by atoms with Crippen molar-refractivity contribution in [2.45, 2.75) is 49.2 Å². The van der Waals surface area contributed by atoms with Gasteiger partial charge in [-0.3, -0.25) is 4.79 Å². The molecule has 2 fully saturated rings. The Labute approximate surface area is 186 Å². The van der Waals surface area contributed by atoms with E-state index in [9.17, 15) is 17.6 Å². The summed E-state index contributed by atoms with van der Waals surface area (Å²) in [7, 11) is -3.79. The largest absolute Gasteiger partial charge is 0.448 e. The van der Waals surface area contributed by atoms with Gasteiger partial charge in [0.05, 0.1) is 10.8 Å². The summed E-state index contributed by atoms with van der Waals surface area (Å²) in [5, 5.41) is 2.89. The Morgan fingerprint density at radius 1 is 1.03 bits per heavy atom. The van der Waals surface area contributed by atoms with Gasteiger partial charge in [-0.25, -0.2) is 12.8 Å². The first kappa shape index (κ1) is 21.2.